The van der Waals surface area contributed by atoms with Gasteiger partial charge in [0.1, 0.15) is 11.9 Å². The molecule has 0 radical (unpaired) electrons. The summed E-state index contributed by atoms with van der Waals surface area (Å²) >= 11 is 0. The van der Waals surface area contributed by atoms with Crippen molar-refractivity contribution in [3.05, 3.63) is 22.2 Å². The Labute approximate surface area is 105 Å². The largest absolute Gasteiger partial charge is 0.469 e. The average Bonchev–Trinajstić information content (AvgIpc) is 2.32. The number of aromatic nitrogens is 1. The van der Waals surface area contributed by atoms with Crippen LogP contribution < -0.4 is 10.5 Å². The van der Waals surface area contributed by atoms with Crippen LogP contribution in [0, 0.1) is 16.0 Å². The molecule has 0 unspecified atom stereocenters. The van der Waals surface area contributed by atoms with Crippen molar-refractivity contribution in [3.63, 3.8) is 0 Å². The number of pyridine rings is 1. The molecule has 1 aliphatic rings. The Bertz CT molecular complexity index is 442. The van der Waals surface area contributed by atoms with E-state index in [0.29, 0.717) is 5.92 Å². The van der Waals surface area contributed by atoms with Gasteiger partial charge in [0.2, 0.25) is 0 Å². The lowest BCUT2D eigenvalue weighted by atomic mass is 9.89. The quantitative estimate of drug-likeness (QED) is 0.658. The minimum absolute atomic E-state index is 0.00852. The van der Waals surface area contributed by atoms with Crippen molar-refractivity contribution in [1.82, 2.24) is 4.98 Å². The van der Waals surface area contributed by atoms with Crippen LogP contribution in [0.15, 0.2) is 12.1 Å². The van der Waals surface area contributed by atoms with Gasteiger partial charge in [-0.2, -0.15) is 4.98 Å². The van der Waals surface area contributed by atoms with E-state index in [0.717, 1.165) is 25.7 Å². The number of hydrogen-bond donors (Lipinski definition) is 1. The van der Waals surface area contributed by atoms with Gasteiger partial charge in [-0.15, -0.1) is 0 Å². The smallest absolute Gasteiger partial charge is 0.331 e. The molecule has 0 amide bonds. The normalized spacial score (nSPS) is 23.6. The lowest BCUT2D eigenvalue weighted by Gasteiger charge is -2.26. The summed E-state index contributed by atoms with van der Waals surface area (Å²) in [6.45, 7) is 2.21. The summed E-state index contributed by atoms with van der Waals surface area (Å²) in [6.07, 6.45) is 4.00. The Balaban J connectivity index is 2.12. The molecule has 0 aliphatic heterocycles. The predicted octanol–water partition coefficient (Wildman–Crippen LogP) is 2.53. The van der Waals surface area contributed by atoms with Crippen LogP contribution in [0.1, 0.15) is 32.6 Å². The third-order valence-corrected chi connectivity index (χ3v) is 3.30. The van der Waals surface area contributed by atoms with E-state index >= 15 is 0 Å². The van der Waals surface area contributed by atoms with Gasteiger partial charge < -0.3 is 10.5 Å². The highest BCUT2D eigenvalue weighted by Crippen LogP contribution is 2.31. The third kappa shape index (κ3) is 2.88. The van der Waals surface area contributed by atoms with E-state index in [1.807, 2.05) is 0 Å². The summed E-state index contributed by atoms with van der Waals surface area (Å²) in [6, 6.07) is 2.75. The monoisotopic (exact) mass is 251 g/mol. The number of nitro groups is 1. The van der Waals surface area contributed by atoms with Gasteiger partial charge in [-0.25, -0.2) is 0 Å². The summed E-state index contributed by atoms with van der Waals surface area (Å²) in [5.41, 5.74) is 5.42. The van der Waals surface area contributed by atoms with E-state index in [1.165, 1.54) is 12.1 Å². The molecule has 0 spiro atoms. The second kappa shape index (κ2) is 5.20. The molecule has 1 aromatic heterocycles. The van der Waals surface area contributed by atoms with Gasteiger partial charge in [-0.05, 0) is 37.7 Å². The fraction of sp³-hybridized carbons (Fsp3) is 0.583. The van der Waals surface area contributed by atoms with E-state index in [9.17, 15) is 10.1 Å². The van der Waals surface area contributed by atoms with Crippen molar-refractivity contribution in [3.8, 4) is 5.88 Å². The van der Waals surface area contributed by atoms with Gasteiger partial charge in [0.05, 0.1) is 4.92 Å². The zero-order valence-electron chi connectivity index (χ0n) is 10.3. The van der Waals surface area contributed by atoms with Crippen LogP contribution in [0.4, 0.5) is 11.5 Å². The van der Waals surface area contributed by atoms with Crippen molar-refractivity contribution >= 4 is 11.5 Å². The molecule has 2 rings (SSSR count). The first kappa shape index (κ1) is 12.6. The fourth-order valence-corrected chi connectivity index (χ4v) is 2.18. The Morgan fingerprint density at radius 3 is 2.67 bits per heavy atom. The molecule has 1 fully saturated rings. The second-order valence-corrected chi connectivity index (χ2v) is 4.82. The molecule has 18 heavy (non-hydrogen) atoms. The van der Waals surface area contributed by atoms with Gasteiger partial charge in [0, 0.05) is 6.07 Å². The number of nitrogens with two attached hydrogens (primary N) is 1. The molecule has 1 saturated carbocycles. The van der Waals surface area contributed by atoms with Crippen molar-refractivity contribution in [2.45, 2.75) is 38.7 Å². The van der Waals surface area contributed by atoms with E-state index in [1.54, 1.807) is 0 Å². The fourth-order valence-electron chi connectivity index (χ4n) is 2.18. The molecule has 6 heteroatoms. The van der Waals surface area contributed by atoms with Crippen molar-refractivity contribution in [1.29, 1.82) is 0 Å². The van der Waals surface area contributed by atoms with Gasteiger partial charge >= 0.3 is 5.69 Å². The van der Waals surface area contributed by atoms with Crippen LogP contribution in [0.2, 0.25) is 0 Å². The minimum Gasteiger partial charge on any atom is -0.469 e. The number of anilines is 1. The highest BCUT2D eigenvalue weighted by molar-refractivity contribution is 5.47. The topological polar surface area (TPSA) is 91.3 Å². The molecule has 0 saturated heterocycles. The first-order chi connectivity index (χ1) is 8.56. The maximum atomic E-state index is 10.9. The van der Waals surface area contributed by atoms with Crippen LogP contribution in [0.5, 0.6) is 5.88 Å². The maximum absolute atomic E-state index is 10.9. The highest BCUT2D eigenvalue weighted by Gasteiger charge is 2.24. The van der Waals surface area contributed by atoms with Gasteiger partial charge in [-0.1, -0.05) is 6.92 Å². The highest BCUT2D eigenvalue weighted by atomic mass is 16.6. The van der Waals surface area contributed by atoms with Crippen LogP contribution in [-0.2, 0) is 0 Å². The van der Waals surface area contributed by atoms with Gasteiger partial charge in [0.15, 0.2) is 0 Å². The number of rotatable bonds is 3. The summed E-state index contributed by atoms with van der Waals surface area (Å²) in [5.74, 6) is 0.980. The SMILES string of the molecule is CC1CCC(Oc2nc(N)ccc2[N+](=O)[O-])CC1. The van der Waals surface area contributed by atoms with Gasteiger partial charge in [0.25, 0.3) is 5.88 Å². The molecular weight excluding hydrogens is 234 g/mol. The zero-order chi connectivity index (χ0) is 13.1. The second-order valence-electron chi connectivity index (χ2n) is 4.82. The lowest BCUT2D eigenvalue weighted by Crippen LogP contribution is -2.23. The Morgan fingerprint density at radius 1 is 1.39 bits per heavy atom. The molecular formula is C12H17N3O3. The molecule has 1 aromatic rings. The van der Waals surface area contributed by atoms with Gasteiger partial charge in [-0.3, -0.25) is 10.1 Å². The molecule has 6 nitrogen and oxygen atoms in total. The van der Waals surface area contributed by atoms with E-state index in [2.05, 4.69) is 11.9 Å². The number of ether oxygens (including phenoxy) is 1. The summed E-state index contributed by atoms with van der Waals surface area (Å²) < 4.78 is 5.64. The molecule has 0 aromatic carbocycles. The molecule has 98 valence electrons. The number of nitrogens with zero attached hydrogens (tertiary/aromatic N) is 2. The predicted molar refractivity (Wildman–Crippen MR) is 67.4 cm³/mol. The third-order valence-electron chi connectivity index (χ3n) is 3.30. The lowest BCUT2D eigenvalue weighted by molar-refractivity contribution is -0.386. The molecule has 2 N–H and O–H groups in total. The van der Waals surface area contributed by atoms with Crippen LogP contribution in [0.25, 0.3) is 0 Å². The van der Waals surface area contributed by atoms with E-state index in [-0.39, 0.29) is 23.5 Å². The van der Waals surface area contributed by atoms with E-state index in [4.69, 9.17) is 10.5 Å². The summed E-state index contributed by atoms with van der Waals surface area (Å²) in [7, 11) is 0. The van der Waals surface area contributed by atoms with Crippen LogP contribution >= 0.6 is 0 Å². The Morgan fingerprint density at radius 2 is 2.06 bits per heavy atom. The molecule has 0 atom stereocenters. The standard InChI is InChI=1S/C12H17N3O3/c1-8-2-4-9(5-3-8)18-12-10(15(16)17)6-7-11(13)14-12/h6-9H,2-5H2,1H3,(H2,13,14). The maximum Gasteiger partial charge on any atom is 0.331 e. The van der Waals surface area contributed by atoms with Crippen molar-refractivity contribution < 1.29 is 9.66 Å². The molecule has 0 bridgehead atoms. The van der Waals surface area contributed by atoms with E-state index < -0.39 is 4.92 Å². The molecule has 1 heterocycles. The van der Waals surface area contributed by atoms with Crippen molar-refractivity contribution in [2.24, 2.45) is 5.92 Å². The molecule has 1 aliphatic carbocycles. The first-order valence-corrected chi connectivity index (χ1v) is 6.14. The summed E-state index contributed by atoms with van der Waals surface area (Å²) in [5, 5.41) is 10.9. The first-order valence-electron chi connectivity index (χ1n) is 6.14. The average molecular weight is 251 g/mol. The van der Waals surface area contributed by atoms with Crippen LogP contribution in [-0.4, -0.2) is 16.0 Å². The minimum atomic E-state index is -0.493. The van der Waals surface area contributed by atoms with Crippen molar-refractivity contribution in [2.75, 3.05) is 5.73 Å². The Hall–Kier alpha value is -1.85. The summed E-state index contributed by atoms with van der Waals surface area (Å²) in [4.78, 5) is 14.3. The zero-order valence-corrected chi connectivity index (χ0v) is 10.3. The number of nitrogen functional groups attached to an aromatic ring is 1. The Kier molecular flexibility index (Phi) is 3.64. The number of hydrogen-bond acceptors (Lipinski definition) is 5. The van der Waals surface area contributed by atoms with Crippen LogP contribution in [0.3, 0.4) is 0 Å².